The number of hydrogen-bond donors (Lipinski definition) is 1. The molecule has 0 aromatic carbocycles. The summed E-state index contributed by atoms with van der Waals surface area (Å²) in [7, 11) is 0. The summed E-state index contributed by atoms with van der Waals surface area (Å²) in [6, 6.07) is 3.36. The zero-order valence-corrected chi connectivity index (χ0v) is 13.2. The van der Waals surface area contributed by atoms with Crippen LogP contribution in [0.25, 0.3) is 0 Å². The molecular formula is C16H23N3O4. The van der Waals surface area contributed by atoms with Crippen LogP contribution in [0.5, 0.6) is 0 Å². The Morgan fingerprint density at radius 3 is 2.65 bits per heavy atom. The van der Waals surface area contributed by atoms with E-state index < -0.39 is 0 Å². The molecule has 7 heteroatoms. The van der Waals surface area contributed by atoms with E-state index in [0.717, 1.165) is 26.0 Å². The summed E-state index contributed by atoms with van der Waals surface area (Å²) < 4.78 is 10.6. The summed E-state index contributed by atoms with van der Waals surface area (Å²) in [6.07, 6.45) is 3.90. The number of hydrogen-bond acceptors (Lipinski definition) is 5. The standard InChI is InChI=1S/C16H23N3O4/c20-15(12-17-11-13-3-1-9-22-13)18-5-7-19(8-6-18)16(21)14-4-2-10-23-14/h2,4,10,13,17H,1,3,5-9,11-12H2. The van der Waals surface area contributed by atoms with E-state index in [-0.39, 0.29) is 17.9 Å². The summed E-state index contributed by atoms with van der Waals surface area (Å²) in [5, 5.41) is 3.17. The second-order valence-electron chi connectivity index (χ2n) is 5.92. The number of rotatable bonds is 5. The Bertz CT molecular complexity index is 517. The second-order valence-corrected chi connectivity index (χ2v) is 5.92. The molecule has 0 saturated carbocycles. The predicted octanol–water partition coefficient (Wildman–Crippen LogP) is 0.333. The minimum atomic E-state index is -0.112. The largest absolute Gasteiger partial charge is 0.459 e. The number of furan rings is 1. The van der Waals surface area contributed by atoms with Gasteiger partial charge in [-0.1, -0.05) is 0 Å². The number of carbonyl (C=O) groups excluding carboxylic acids is 2. The van der Waals surface area contributed by atoms with Crippen molar-refractivity contribution in [2.24, 2.45) is 0 Å². The molecule has 3 heterocycles. The van der Waals surface area contributed by atoms with Gasteiger partial charge in [0.15, 0.2) is 5.76 Å². The van der Waals surface area contributed by atoms with Gasteiger partial charge >= 0.3 is 0 Å². The fraction of sp³-hybridized carbons (Fsp3) is 0.625. The number of amides is 2. The molecule has 3 rings (SSSR count). The van der Waals surface area contributed by atoms with Crippen LogP contribution in [0.2, 0.25) is 0 Å². The summed E-state index contributed by atoms with van der Waals surface area (Å²) in [4.78, 5) is 27.9. The van der Waals surface area contributed by atoms with E-state index in [2.05, 4.69) is 5.32 Å². The van der Waals surface area contributed by atoms with Crippen LogP contribution < -0.4 is 5.32 Å². The second kappa shape index (κ2) is 7.61. The van der Waals surface area contributed by atoms with Crippen molar-refractivity contribution < 1.29 is 18.7 Å². The minimum absolute atomic E-state index is 0.0769. The highest BCUT2D eigenvalue weighted by molar-refractivity contribution is 5.91. The van der Waals surface area contributed by atoms with Crippen LogP contribution in [0.4, 0.5) is 0 Å². The molecule has 1 atom stereocenters. The number of ether oxygens (including phenoxy) is 1. The Labute approximate surface area is 135 Å². The Morgan fingerprint density at radius 1 is 1.22 bits per heavy atom. The van der Waals surface area contributed by atoms with Gasteiger partial charge in [-0.2, -0.15) is 0 Å². The molecule has 1 unspecified atom stereocenters. The Kier molecular flexibility index (Phi) is 5.30. The first-order chi connectivity index (χ1) is 11.2. The molecule has 23 heavy (non-hydrogen) atoms. The van der Waals surface area contributed by atoms with Crippen molar-refractivity contribution in [1.82, 2.24) is 15.1 Å². The van der Waals surface area contributed by atoms with Gasteiger partial charge in [0.05, 0.1) is 18.9 Å². The predicted molar refractivity (Wildman–Crippen MR) is 83.0 cm³/mol. The molecule has 2 fully saturated rings. The highest BCUT2D eigenvalue weighted by atomic mass is 16.5. The molecular weight excluding hydrogens is 298 g/mol. The normalized spacial score (nSPS) is 21.7. The maximum Gasteiger partial charge on any atom is 0.289 e. The zero-order chi connectivity index (χ0) is 16.1. The highest BCUT2D eigenvalue weighted by Crippen LogP contribution is 2.11. The molecule has 2 aliphatic heterocycles. The summed E-state index contributed by atoms with van der Waals surface area (Å²) in [5.41, 5.74) is 0. The van der Waals surface area contributed by atoms with Gasteiger partial charge < -0.3 is 24.3 Å². The molecule has 126 valence electrons. The van der Waals surface area contributed by atoms with E-state index >= 15 is 0 Å². The molecule has 1 aromatic heterocycles. The summed E-state index contributed by atoms with van der Waals surface area (Å²) >= 11 is 0. The third kappa shape index (κ3) is 4.11. The Morgan fingerprint density at radius 2 is 2.00 bits per heavy atom. The summed E-state index contributed by atoms with van der Waals surface area (Å²) in [6.45, 7) is 4.08. The minimum Gasteiger partial charge on any atom is -0.459 e. The van der Waals surface area contributed by atoms with Gasteiger partial charge in [0.25, 0.3) is 5.91 Å². The smallest absolute Gasteiger partial charge is 0.289 e. The van der Waals surface area contributed by atoms with E-state index in [0.29, 0.717) is 38.5 Å². The van der Waals surface area contributed by atoms with Crippen molar-refractivity contribution in [3.8, 4) is 0 Å². The lowest BCUT2D eigenvalue weighted by molar-refractivity contribution is -0.131. The molecule has 0 aliphatic carbocycles. The van der Waals surface area contributed by atoms with Crippen LogP contribution in [0.15, 0.2) is 22.8 Å². The van der Waals surface area contributed by atoms with Crippen LogP contribution in [0.1, 0.15) is 23.4 Å². The Balaban J connectivity index is 1.38. The van der Waals surface area contributed by atoms with Crippen LogP contribution >= 0.6 is 0 Å². The van der Waals surface area contributed by atoms with Crippen molar-refractivity contribution in [1.29, 1.82) is 0 Å². The SMILES string of the molecule is O=C(CNCC1CCCO1)N1CCN(C(=O)c2ccco2)CC1. The van der Waals surface area contributed by atoms with Gasteiger partial charge in [-0.3, -0.25) is 9.59 Å². The van der Waals surface area contributed by atoms with Gasteiger partial charge in [0, 0.05) is 39.3 Å². The van der Waals surface area contributed by atoms with E-state index in [4.69, 9.17) is 9.15 Å². The molecule has 1 N–H and O–H groups in total. The molecule has 7 nitrogen and oxygen atoms in total. The van der Waals surface area contributed by atoms with E-state index in [9.17, 15) is 9.59 Å². The average Bonchev–Trinajstić information content (AvgIpc) is 3.28. The topological polar surface area (TPSA) is 75.0 Å². The van der Waals surface area contributed by atoms with Gasteiger partial charge in [-0.15, -0.1) is 0 Å². The van der Waals surface area contributed by atoms with Crippen molar-refractivity contribution in [3.05, 3.63) is 24.2 Å². The van der Waals surface area contributed by atoms with Crippen LogP contribution in [0, 0.1) is 0 Å². The van der Waals surface area contributed by atoms with Crippen LogP contribution in [0.3, 0.4) is 0 Å². The van der Waals surface area contributed by atoms with Gasteiger partial charge in [-0.25, -0.2) is 0 Å². The maximum absolute atomic E-state index is 12.2. The number of piperazine rings is 1. The lowest BCUT2D eigenvalue weighted by atomic mass is 10.2. The lowest BCUT2D eigenvalue weighted by Gasteiger charge is -2.34. The summed E-state index contributed by atoms with van der Waals surface area (Å²) in [5.74, 6) is 0.315. The number of nitrogens with zero attached hydrogens (tertiary/aromatic N) is 2. The molecule has 0 radical (unpaired) electrons. The van der Waals surface area contributed by atoms with E-state index in [1.165, 1.54) is 6.26 Å². The highest BCUT2D eigenvalue weighted by Gasteiger charge is 2.26. The average molecular weight is 321 g/mol. The Hall–Kier alpha value is -1.86. The number of nitrogens with one attached hydrogen (secondary N) is 1. The first-order valence-corrected chi connectivity index (χ1v) is 8.17. The fourth-order valence-electron chi connectivity index (χ4n) is 2.97. The van der Waals surface area contributed by atoms with Crippen molar-refractivity contribution in [2.75, 3.05) is 45.9 Å². The molecule has 2 amide bonds. The fourth-order valence-corrected chi connectivity index (χ4v) is 2.97. The molecule has 0 spiro atoms. The first kappa shape index (κ1) is 16.0. The van der Waals surface area contributed by atoms with Gasteiger partial charge in [0.2, 0.25) is 5.91 Å². The third-order valence-corrected chi connectivity index (χ3v) is 4.32. The van der Waals surface area contributed by atoms with E-state index in [1.807, 2.05) is 0 Å². The quantitative estimate of drug-likeness (QED) is 0.846. The lowest BCUT2D eigenvalue weighted by Crippen LogP contribution is -2.52. The monoisotopic (exact) mass is 321 g/mol. The molecule has 0 bridgehead atoms. The maximum atomic E-state index is 12.2. The molecule has 1 aromatic rings. The third-order valence-electron chi connectivity index (χ3n) is 4.32. The number of carbonyl (C=O) groups is 2. The van der Waals surface area contributed by atoms with Gasteiger partial charge in [-0.05, 0) is 25.0 Å². The van der Waals surface area contributed by atoms with Crippen LogP contribution in [-0.2, 0) is 9.53 Å². The zero-order valence-electron chi connectivity index (χ0n) is 13.2. The van der Waals surface area contributed by atoms with Crippen LogP contribution in [-0.4, -0.2) is 73.6 Å². The van der Waals surface area contributed by atoms with Gasteiger partial charge in [0.1, 0.15) is 0 Å². The molecule has 2 aliphatic rings. The van der Waals surface area contributed by atoms with Crippen molar-refractivity contribution in [3.63, 3.8) is 0 Å². The van der Waals surface area contributed by atoms with Crippen molar-refractivity contribution >= 4 is 11.8 Å². The van der Waals surface area contributed by atoms with Crippen molar-refractivity contribution in [2.45, 2.75) is 18.9 Å². The molecule has 2 saturated heterocycles. The van der Waals surface area contributed by atoms with E-state index in [1.54, 1.807) is 21.9 Å². The first-order valence-electron chi connectivity index (χ1n) is 8.17.